The van der Waals surface area contributed by atoms with Crippen LogP contribution in [0.25, 0.3) is 0 Å². The van der Waals surface area contributed by atoms with E-state index in [4.69, 9.17) is 0 Å². The van der Waals surface area contributed by atoms with Gasteiger partial charge in [0, 0.05) is 11.4 Å². The van der Waals surface area contributed by atoms with Crippen molar-refractivity contribution in [2.75, 3.05) is 0 Å². The van der Waals surface area contributed by atoms with Crippen molar-refractivity contribution < 1.29 is 0 Å². The Morgan fingerprint density at radius 2 is 1.83 bits per heavy atom. The second-order valence-corrected chi connectivity index (χ2v) is 3.90. The first kappa shape index (κ1) is 7.96. The van der Waals surface area contributed by atoms with E-state index in [-0.39, 0.29) is 11.1 Å². The first-order valence-electron chi connectivity index (χ1n) is 4.77. The van der Waals surface area contributed by atoms with Crippen LogP contribution in [0.1, 0.15) is 40.5 Å². The average molecular weight is 164 g/mol. The zero-order valence-corrected chi connectivity index (χ0v) is 8.31. The normalized spacial score (nSPS) is 43.7. The number of hydrogen-bond acceptors (Lipinski definition) is 2. The third kappa shape index (κ3) is 0.661. The van der Waals surface area contributed by atoms with Crippen LogP contribution in [0.2, 0.25) is 0 Å². The summed E-state index contributed by atoms with van der Waals surface area (Å²) < 4.78 is 0. The molecule has 0 aromatic carbocycles. The van der Waals surface area contributed by atoms with Crippen LogP contribution >= 0.6 is 0 Å². The van der Waals surface area contributed by atoms with Crippen LogP contribution in [-0.4, -0.2) is 22.5 Å². The highest BCUT2D eigenvalue weighted by molar-refractivity contribution is 6.18. The van der Waals surface area contributed by atoms with Crippen LogP contribution in [0.15, 0.2) is 9.98 Å². The molecule has 0 fully saturated rings. The van der Waals surface area contributed by atoms with Crippen LogP contribution < -0.4 is 0 Å². The van der Waals surface area contributed by atoms with Gasteiger partial charge in [-0.05, 0) is 26.7 Å². The molecule has 2 aliphatic heterocycles. The summed E-state index contributed by atoms with van der Waals surface area (Å²) in [5.74, 6) is 0. The zero-order valence-electron chi connectivity index (χ0n) is 8.31. The average Bonchev–Trinajstić information content (AvgIpc) is 2.90. The van der Waals surface area contributed by atoms with E-state index in [1.165, 1.54) is 11.4 Å². The van der Waals surface area contributed by atoms with Gasteiger partial charge >= 0.3 is 0 Å². The topological polar surface area (TPSA) is 24.7 Å². The zero-order chi connectivity index (χ0) is 8.98. The third-order valence-corrected chi connectivity index (χ3v) is 3.45. The summed E-state index contributed by atoms with van der Waals surface area (Å²) in [5, 5.41) is 0. The van der Waals surface area contributed by atoms with E-state index in [2.05, 4.69) is 37.7 Å². The second kappa shape index (κ2) is 1.98. The van der Waals surface area contributed by atoms with E-state index < -0.39 is 0 Å². The molecule has 0 aromatic heterocycles. The number of rotatable bonds is 3. The maximum atomic E-state index is 4.61. The molecule has 0 saturated heterocycles. The highest BCUT2D eigenvalue weighted by Crippen LogP contribution is 2.51. The molecule has 12 heavy (non-hydrogen) atoms. The van der Waals surface area contributed by atoms with Crippen molar-refractivity contribution in [1.82, 2.24) is 0 Å². The number of nitrogens with zero attached hydrogens (tertiary/aromatic N) is 2. The molecule has 2 atom stereocenters. The van der Waals surface area contributed by atoms with Crippen molar-refractivity contribution in [3.05, 3.63) is 0 Å². The first-order chi connectivity index (χ1) is 5.60. The van der Waals surface area contributed by atoms with Gasteiger partial charge in [-0.3, -0.25) is 9.98 Å². The molecule has 0 bridgehead atoms. The largest absolute Gasteiger partial charge is 0.276 e. The van der Waals surface area contributed by atoms with E-state index in [1.807, 2.05) is 0 Å². The molecule has 2 aliphatic rings. The molecule has 66 valence electrons. The summed E-state index contributed by atoms with van der Waals surface area (Å²) in [4.78, 5) is 9.10. The Balaban J connectivity index is 2.14. The van der Waals surface area contributed by atoms with Crippen molar-refractivity contribution in [1.29, 1.82) is 0 Å². The Labute approximate surface area is 73.8 Å². The minimum atomic E-state index is 0.0765. The first-order valence-corrected chi connectivity index (χ1v) is 4.77. The second-order valence-electron chi connectivity index (χ2n) is 3.90. The molecule has 0 unspecified atom stereocenters. The summed E-state index contributed by atoms with van der Waals surface area (Å²) in [6, 6.07) is 0. The molecule has 2 nitrogen and oxygen atoms in total. The molecule has 0 aliphatic carbocycles. The molecule has 2 rings (SSSR count). The van der Waals surface area contributed by atoms with Gasteiger partial charge in [0.05, 0.1) is 0 Å². The Morgan fingerprint density at radius 3 is 2.08 bits per heavy atom. The summed E-state index contributed by atoms with van der Waals surface area (Å²) in [5.41, 5.74) is 2.84. The molecule has 2 heteroatoms. The van der Waals surface area contributed by atoms with Crippen LogP contribution in [-0.2, 0) is 0 Å². The molecule has 0 N–H and O–H groups in total. The van der Waals surface area contributed by atoms with Crippen molar-refractivity contribution >= 4 is 11.4 Å². The Kier molecular flexibility index (Phi) is 1.31. The molecule has 0 spiro atoms. The highest BCUT2D eigenvalue weighted by Gasteiger charge is 2.65. The maximum Gasteiger partial charge on any atom is 0.128 e. The summed E-state index contributed by atoms with van der Waals surface area (Å²) in [6.07, 6.45) is 2.19. The number of hydrogen-bond donors (Lipinski definition) is 0. The predicted octanol–water partition coefficient (Wildman–Crippen LogP) is 2.23. The third-order valence-electron chi connectivity index (χ3n) is 3.45. The molecule has 0 aromatic rings. The standard InChI is InChI=1S/C10H16N2/c1-5-8-10(6-2,12-8)9(4)7(3)11-9/h5-6H2,1-4H3/t9-,10+/m1/s1. The Hall–Kier alpha value is -0.660. The Morgan fingerprint density at radius 1 is 1.25 bits per heavy atom. The molecular weight excluding hydrogens is 148 g/mol. The van der Waals surface area contributed by atoms with Gasteiger partial charge in [0.1, 0.15) is 11.1 Å². The van der Waals surface area contributed by atoms with E-state index in [0.717, 1.165) is 12.8 Å². The van der Waals surface area contributed by atoms with Crippen LogP contribution in [0.3, 0.4) is 0 Å². The lowest BCUT2D eigenvalue weighted by atomic mass is 9.81. The fourth-order valence-electron chi connectivity index (χ4n) is 2.29. The molecule has 0 radical (unpaired) electrons. The number of aliphatic imine (C=N–C) groups is 2. The van der Waals surface area contributed by atoms with Gasteiger partial charge in [0.15, 0.2) is 0 Å². The van der Waals surface area contributed by atoms with Gasteiger partial charge in [0.25, 0.3) is 0 Å². The molecule has 0 amide bonds. The fraction of sp³-hybridized carbons (Fsp3) is 0.800. The van der Waals surface area contributed by atoms with Crippen molar-refractivity contribution in [2.24, 2.45) is 9.98 Å². The maximum absolute atomic E-state index is 4.61. The van der Waals surface area contributed by atoms with Gasteiger partial charge in [-0.1, -0.05) is 13.8 Å². The summed E-state index contributed by atoms with van der Waals surface area (Å²) in [7, 11) is 0. The smallest absolute Gasteiger partial charge is 0.128 e. The van der Waals surface area contributed by atoms with Gasteiger partial charge in [-0.25, -0.2) is 0 Å². The van der Waals surface area contributed by atoms with Crippen molar-refractivity contribution in [2.45, 2.75) is 51.6 Å². The quantitative estimate of drug-likeness (QED) is 0.611. The van der Waals surface area contributed by atoms with E-state index in [9.17, 15) is 0 Å². The van der Waals surface area contributed by atoms with Crippen molar-refractivity contribution in [3.63, 3.8) is 0 Å². The van der Waals surface area contributed by atoms with Gasteiger partial charge < -0.3 is 0 Å². The Bertz CT molecular complexity index is 290. The van der Waals surface area contributed by atoms with Crippen LogP contribution in [0, 0.1) is 0 Å². The van der Waals surface area contributed by atoms with Gasteiger partial charge in [-0.2, -0.15) is 0 Å². The van der Waals surface area contributed by atoms with Gasteiger partial charge in [0.2, 0.25) is 0 Å². The predicted molar refractivity (Wildman–Crippen MR) is 52.3 cm³/mol. The monoisotopic (exact) mass is 164 g/mol. The highest BCUT2D eigenvalue weighted by atomic mass is 15.2. The van der Waals surface area contributed by atoms with Crippen molar-refractivity contribution in [3.8, 4) is 0 Å². The SMILES string of the molecule is CCC1=N[C@]1(CC)[C@]1(C)N=C1C. The van der Waals surface area contributed by atoms with Gasteiger partial charge in [-0.15, -0.1) is 0 Å². The summed E-state index contributed by atoms with van der Waals surface area (Å²) >= 11 is 0. The van der Waals surface area contributed by atoms with E-state index >= 15 is 0 Å². The lowest BCUT2D eigenvalue weighted by molar-refractivity contribution is 0.511. The molecule has 2 heterocycles. The summed E-state index contributed by atoms with van der Waals surface area (Å²) in [6.45, 7) is 8.70. The minimum Gasteiger partial charge on any atom is -0.276 e. The lowest BCUT2D eigenvalue weighted by Gasteiger charge is -2.19. The van der Waals surface area contributed by atoms with Crippen LogP contribution in [0.4, 0.5) is 0 Å². The van der Waals surface area contributed by atoms with E-state index in [0.29, 0.717) is 0 Å². The molecule has 0 saturated carbocycles. The fourth-order valence-corrected chi connectivity index (χ4v) is 2.29. The van der Waals surface area contributed by atoms with E-state index in [1.54, 1.807) is 0 Å². The minimum absolute atomic E-state index is 0.0765. The van der Waals surface area contributed by atoms with Crippen LogP contribution in [0.5, 0.6) is 0 Å². The molecular formula is C10H16N2. The lowest BCUT2D eigenvalue weighted by Crippen LogP contribution is -2.38.